The maximum atomic E-state index is 10.5. The normalized spacial score (nSPS) is 12.0. The summed E-state index contributed by atoms with van der Waals surface area (Å²) < 4.78 is 29.6. The van der Waals surface area contributed by atoms with E-state index in [-0.39, 0.29) is 17.2 Å². The van der Waals surface area contributed by atoms with E-state index < -0.39 is 22.1 Å². The van der Waals surface area contributed by atoms with Gasteiger partial charge in [-0.05, 0) is 31.9 Å². The Labute approximate surface area is 135 Å². The lowest BCUT2D eigenvalue weighted by Crippen LogP contribution is -2.09. The lowest BCUT2D eigenvalue weighted by atomic mass is 10.0. The minimum Gasteiger partial charge on any atom is -0.481 e. The number of carbonyl (C=O) groups is 2. The van der Waals surface area contributed by atoms with Crippen LogP contribution in [0.2, 0.25) is 0 Å². The van der Waals surface area contributed by atoms with E-state index >= 15 is 0 Å². The predicted molar refractivity (Wildman–Crippen MR) is 83.9 cm³/mol. The third-order valence-electron chi connectivity index (χ3n) is 3.02. The molecule has 1 unspecified atom stereocenters. The first-order valence-corrected chi connectivity index (χ1v) is 8.46. The highest BCUT2D eigenvalue weighted by molar-refractivity contribution is 7.85. The number of hydrogen-bond acceptors (Lipinski definition) is 4. The summed E-state index contributed by atoms with van der Waals surface area (Å²) in [7, 11) is -4.02. The van der Waals surface area contributed by atoms with Crippen molar-refractivity contribution < 1.29 is 32.8 Å². The van der Waals surface area contributed by atoms with E-state index in [1.165, 1.54) is 12.1 Å². The molecule has 130 valence electrons. The second-order valence-corrected chi connectivity index (χ2v) is 6.59. The quantitative estimate of drug-likeness (QED) is 0.511. The molecule has 0 saturated heterocycles. The third-order valence-corrected chi connectivity index (χ3v) is 3.89. The van der Waals surface area contributed by atoms with Crippen LogP contribution in [0.5, 0.6) is 0 Å². The van der Waals surface area contributed by atoms with Gasteiger partial charge < -0.3 is 10.2 Å². The summed E-state index contributed by atoms with van der Waals surface area (Å²) in [6, 6.07) is 5.99. The molecule has 0 saturated carbocycles. The molecule has 8 heteroatoms. The molecular weight excluding hydrogens is 324 g/mol. The number of hydrogen-bond donors (Lipinski definition) is 3. The molecule has 0 radical (unpaired) electrons. The molecule has 3 N–H and O–H groups in total. The molecule has 0 heterocycles. The summed E-state index contributed by atoms with van der Waals surface area (Å²) in [6.45, 7) is 3.47. The summed E-state index contributed by atoms with van der Waals surface area (Å²) in [4.78, 5) is 20.3. The first kappa shape index (κ1) is 21.1. The van der Waals surface area contributed by atoms with Gasteiger partial charge >= 0.3 is 11.9 Å². The minimum atomic E-state index is -4.02. The summed E-state index contributed by atoms with van der Waals surface area (Å²) in [5.41, 5.74) is 0.956. The first-order valence-electron chi connectivity index (χ1n) is 7.02. The zero-order valence-corrected chi connectivity index (χ0v) is 13.9. The second kappa shape index (κ2) is 9.96. The fourth-order valence-electron chi connectivity index (χ4n) is 1.56. The number of carboxylic acid groups (broad SMARTS) is 2. The van der Waals surface area contributed by atoms with Crippen molar-refractivity contribution >= 4 is 22.1 Å². The highest BCUT2D eigenvalue weighted by Crippen LogP contribution is 2.09. The Kier molecular flexibility index (Phi) is 9.12. The van der Waals surface area contributed by atoms with Crippen LogP contribution in [0.3, 0.4) is 0 Å². The fourth-order valence-corrected chi connectivity index (χ4v) is 2.04. The SMILES string of the molecule is CC(CCCCC(=O)O)C(=O)O.Cc1ccc(S(=O)(=O)O)cc1. The topological polar surface area (TPSA) is 129 Å². The molecule has 0 aliphatic carbocycles. The van der Waals surface area contributed by atoms with Crippen LogP contribution in [0, 0.1) is 12.8 Å². The van der Waals surface area contributed by atoms with Gasteiger partial charge in [-0.2, -0.15) is 8.42 Å². The predicted octanol–water partition coefficient (Wildman–Crippen LogP) is 2.59. The van der Waals surface area contributed by atoms with Crippen LogP contribution < -0.4 is 0 Å². The van der Waals surface area contributed by atoms with Crippen molar-refractivity contribution in [2.24, 2.45) is 5.92 Å². The van der Waals surface area contributed by atoms with Crippen LogP contribution >= 0.6 is 0 Å². The molecule has 0 amide bonds. The highest BCUT2D eigenvalue weighted by atomic mass is 32.2. The average Bonchev–Trinajstić information content (AvgIpc) is 2.43. The van der Waals surface area contributed by atoms with E-state index in [2.05, 4.69) is 0 Å². The molecule has 1 rings (SSSR count). The Hall–Kier alpha value is -1.93. The summed E-state index contributed by atoms with van der Waals surface area (Å²) in [6.07, 6.45) is 1.92. The van der Waals surface area contributed by atoms with Gasteiger partial charge in [0.1, 0.15) is 0 Å². The Balaban J connectivity index is 0.000000422. The number of aryl methyl sites for hydroxylation is 1. The van der Waals surface area contributed by atoms with E-state index in [1.807, 2.05) is 6.92 Å². The fraction of sp³-hybridized carbons (Fsp3) is 0.467. The molecule has 1 aromatic rings. The van der Waals surface area contributed by atoms with Gasteiger partial charge in [0, 0.05) is 6.42 Å². The first-order chi connectivity index (χ1) is 10.5. The molecule has 0 bridgehead atoms. The monoisotopic (exact) mass is 346 g/mol. The maximum absolute atomic E-state index is 10.5. The van der Waals surface area contributed by atoms with E-state index in [0.717, 1.165) is 5.56 Å². The van der Waals surface area contributed by atoms with Gasteiger partial charge in [0.05, 0.1) is 10.8 Å². The van der Waals surface area contributed by atoms with Gasteiger partial charge in [0.25, 0.3) is 10.1 Å². The van der Waals surface area contributed by atoms with Gasteiger partial charge in [-0.3, -0.25) is 14.1 Å². The van der Waals surface area contributed by atoms with Gasteiger partial charge in [0.15, 0.2) is 0 Å². The third kappa shape index (κ3) is 10.4. The van der Waals surface area contributed by atoms with E-state index in [4.69, 9.17) is 14.8 Å². The van der Waals surface area contributed by atoms with Crippen molar-refractivity contribution in [1.82, 2.24) is 0 Å². The smallest absolute Gasteiger partial charge is 0.306 e. The van der Waals surface area contributed by atoms with Gasteiger partial charge in [-0.1, -0.05) is 31.0 Å². The van der Waals surface area contributed by atoms with Crippen LogP contribution in [-0.4, -0.2) is 35.1 Å². The van der Waals surface area contributed by atoms with Crippen molar-refractivity contribution in [2.75, 3.05) is 0 Å². The Morgan fingerprint density at radius 3 is 2.00 bits per heavy atom. The zero-order valence-electron chi connectivity index (χ0n) is 13.1. The van der Waals surface area contributed by atoms with Gasteiger partial charge in [0.2, 0.25) is 0 Å². The Bertz CT molecular complexity index is 605. The van der Waals surface area contributed by atoms with E-state index in [9.17, 15) is 18.0 Å². The number of carboxylic acids is 2. The van der Waals surface area contributed by atoms with E-state index in [0.29, 0.717) is 19.3 Å². The lowest BCUT2D eigenvalue weighted by molar-refractivity contribution is -0.141. The molecule has 0 aliphatic rings. The minimum absolute atomic E-state index is 0.0666. The number of rotatable bonds is 7. The lowest BCUT2D eigenvalue weighted by Gasteiger charge is -2.03. The van der Waals surface area contributed by atoms with Gasteiger partial charge in [-0.15, -0.1) is 0 Å². The maximum Gasteiger partial charge on any atom is 0.306 e. The molecule has 0 spiro atoms. The van der Waals surface area contributed by atoms with Crippen LogP contribution in [0.1, 0.15) is 38.2 Å². The van der Waals surface area contributed by atoms with Crippen LogP contribution in [0.25, 0.3) is 0 Å². The zero-order chi connectivity index (χ0) is 18.0. The summed E-state index contributed by atoms with van der Waals surface area (Å²) in [5.74, 6) is -2.00. The number of aliphatic carboxylic acids is 2. The van der Waals surface area contributed by atoms with Crippen molar-refractivity contribution in [3.63, 3.8) is 0 Å². The largest absolute Gasteiger partial charge is 0.481 e. The Morgan fingerprint density at radius 1 is 1.09 bits per heavy atom. The average molecular weight is 346 g/mol. The number of benzene rings is 1. The Morgan fingerprint density at radius 2 is 1.61 bits per heavy atom. The van der Waals surface area contributed by atoms with Crippen molar-refractivity contribution in [3.05, 3.63) is 29.8 Å². The van der Waals surface area contributed by atoms with Crippen LogP contribution in [0.4, 0.5) is 0 Å². The van der Waals surface area contributed by atoms with E-state index in [1.54, 1.807) is 19.1 Å². The molecule has 7 nitrogen and oxygen atoms in total. The van der Waals surface area contributed by atoms with Crippen LogP contribution in [0.15, 0.2) is 29.2 Å². The molecule has 0 fully saturated rings. The van der Waals surface area contributed by atoms with Crippen molar-refractivity contribution in [2.45, 2.75) is 44.4 Å². The second-order valence-electron chi connectivity index (χ2n) is 5.17. The molecule has 23 heavy (non-hydrogen) atoms. The molecule has 0 aromatic heterocycles. The highest BCUT2D eigenvalue weighted by Gasteiger charge is 2.10. The van der Waals surface area contributed by atoms with Crippen molar-refractivity contribution in [1.29, 1.82) is 0 Å². The van der Waals surface area contributed by atoms with Crippen LogP contribution in [-0.2, 0) is 19.7 Å². The molecule has 0 aliphatic heterocycles. The molecule has 1 aromatic carbocycles. The standard InChI is InChI=1S/C8H14O4.C7H8O3S/c1-6(8(11)12)4-2-3-5-7(9)10;1-6-2-4-7(5-3-6)11(8,9)10/h6H,2-5H2,1H3,(H,9,10)(H,11,12);2-5H,1H3,(H,8,9,10). The van der Waals surface area contributed by atoms with Gasteiger partial charge in [-0.25, -0.2) is 0 Å². The molecule has 1 atom stereocenters. The summed E-state index contributed by atoms with van der Waals surface area (Å²) in [5, 5.41) is 16.7. The number of unbranched alkanes of at least 4 members (excludes halogenated alkanes) is 1. The van der Waals surface area contributed by atoms with Crippen molar-refractivity contribution in [3.8, 4) is 0 Å². The molecular formula is C15H22O7S. The summed E-state index contributed by atoms with van der Waals surface area (Å²) >= 11 is 0.